The second-order valence-corrected chi connectivity index (χ2v) is 5.87. The zero-order valence-electron chi connectivity index (χ0n) is 11.5. The summed E-state index contributed by atoms with van der Waals surface area (Å²) in [6.07, 6.45) is -0.414. The first kappa shape index (κ1) is 14.0. The molecule has 1 atom stereocenters. The Bertz CT molecular complexity index is 350. The third-order valence-corrected chi connectivity index (χ3v) is 2.87. The highest BCUT2D eigenvalue weighted by molar-refractivity contribution is 5.38. The highest BCUT2D eigenvalue weighted by Gasteiger charge is 2.19. The minimum absolute atomic E-state index is 0.0549. The first-order valence-electron chi connectivity index (χ1n) is 6.22. The Balaban J connectivity index is 2.78. The van der Waals surface area contributed by atoms with Crippen LogP contribution in [0.5, 0.6) is 5.75 Å². The molecule has 1 rings (SSSR count). The molecule has 1 aromatic carbocycles. The third-order valence-electron chi connectivity index (χ3n) is 2.87. The van der Waals surface area contributed by atoms with E-state index in [0.717, 1.165) is 5.75 Å². The number of hydrogen-bond donors (Lipinski definition) is 1. The number of benzene rings is 1. The molecule has 0 heterocycles. The molecule has 2 heteroatoms. The maximum Gasteiger partial charge on any atom is 0.123 e. The third kappa shape index (κ3) is 4.04. The first-order valence-corrected chi connectivity index (χ1v) is 6.22. The number of ether oxygens (including phenoxy) is 1. The summed E-state index contributed by atoms with van der Waals surface area (Å²) in [4.78, 5) is 0. The lowest BCUT2D eigenvalue weighted by molar-refractivity contribution is 0.0693. The van der Waals surface area contributed by atoms with E-state index in [-0.39, 0.29) is 11.3 Å². The molecule has 0 spiro atoms. The van der Waals surface area contributed by atoms with Gasteiger partial charge in [0.2, 0.25) is 0 Å². The molecule has 0 aliphatic rings. The van der Waals surface area contributed by atoms with Crippen molar-refractivity contribution in [2.75, 3.05) is 6.61 Å². The van der Waals surface area contributed by atoms with Gasteiger partial charge in [0.25, 0.3) is 0 Å². The summed E-state index contributed by atoms with van der Waals surface area (Å²) in [6, 6.07) is 8.03. The van der Waals surface area contributed by atoms with Gasteiger partial charge in [0, 0.05) is 0 Å². The Kier molecular flexibility index (Phi) is 4.58. The molecule has 0 amide bonds. The van der Waals surface area contributed by atoms with Gasteiger partial charge in [0.15, 0.2) is 0 Å². The van der Waals surface area contributed by atoms with Crippen LogP contribution in [0.25, 0.3) is 0 Å². The lowest BCUT2D eigenvalue weighted by Gasteiger charge is -2.24. The van der Waals surface area contributed by atoms with Crippen molar-refractivity contribution >= 4 is 0 Å². The molecule has 0 saturated carbocycles. The maximum absolute atomic E-state index is 9.76. The van der Waals surface area contributed by atoms with E-state index < -0.39 is 6.10 Å². The number of rotatable bonds is 4. The summed E-state index contributed by atoms with van der Waals surface area (Å²) < 4.78 is 5.74. The van der Waals surface area contributed by atoms with Crippen LogP contribution >= 0.6 is 0 Å². The van der Waals surface area contributed by atoms with Crippen LogP contribution in [-0.4, -0.2) is 17.8 Å². The van der Waals surface area contributed by atoms with E-state index in [0.29, 0.717) is 6.61 Å². The molecular weight excluding hydrogens is 212 g/mol. The van der Waals surface area contributed by atoms with Crippen LogP contribution in [0.2, 0.25) is 0 Å². The normalized spacial score (nSPS) is 13.8. The maximum atomic E-state index is 9.76. The van der Waals surface area contributed by atoms with Crippen molar-refractivity contribution in [1.29, 1.82) is 0 Å². The van der Waals surface area contributed by atoms with E-state index in [4.69, 9.17) is 4.74 Å². The molecular formula is C15H24O2. The van der Waals surface area contributed by atoms with Gasteiger partial charge in [-0.1, -0.05) is 52.8 Å². The molecule has 1 unspecified atom stereocenters. The van der Waals surface area contributed by atoms with Crippen molar-refractivity contribution in [3.63, 3.8) is 0 Å². The summed E-state index contributed by atoms with van der Waals surface area (Å²) in [5.41, 5.74) is 1.23. The molecule has 0 aliphatic heterocycles. The lowest BCUT2D eigenvalue weighted by Crippen LogP contribution is -2.24. The molecule has 0 fully saturated rings. The number of aliphatic hydroxyl groups is 1. The molecule has 1 N–H and O–H groups in total. The van der Waals surface area contributed by atoms with Gasteiger partial charge in [-0.3, -0.25) is 0 Å². The van der Waals surface area contributed by atoms with Crippen molar-refractivity contribution < 1.29 is 9.84 Å². The van der Waals surface area contributed by atoms with Gasteiger partial charge < -0.3 is 9.84 Å². The van der Waals surface area contributed by atoms with Crippen molar-refractivity contribution in [1.82, 2.24) is 0 Å². The van der Waals surface area contributed by atoms with E-state index in [1.54, 1.807) is 0 Å². The van der Waals surface area contributed by atoms with Crippen LogP contribution in [0.1, 0.15) is 40.2 Å². The van der Waals surface area contributed by atoms with Gasteiger partial charge in [-0.05, 0) is 23.0 Å². The number of aliphatic hydroxyl groups excluding tert-OH is 1. The molecule has 0 aliphatic carbocycles. The van der Waals surface area contributed by atoms with E-state index in [1.807, 2.05) is 32.0 Å². The fraction of sp³-hybridized carbons (Fsp3) is 0.600. The smallest absolute Gasteiger partial charge is 0.123 e. The van der Waals surface area contributed by atoms with Crippen LogP contribution in [0.4, 0.5) is 0 Å². The Morgan fingerprint density at radius 2 is 1.76 bits per heavy atom. The van der Waals surface area contributed by atoms with E-state index in [9.17, 15) is 5.11 Å². The predicted molar refractivity (Wildman–Crippen MR) is 71.5 cm³/mol. The minimum atomic E-state index is -0.414. The second-order valence-electron chi connectivity index (χ2n) is 5.87. The summed E-state index contributed by atoms with van der Waals surface area (Å²) in [5.74, 6) is 1.09. The Morgan fingerprint density at radius 3 is 2.29 bits per heavy atom. The highest BCUT2D eigenvalue weighted by Crippen LogP contribution is 2.31. The van der Waals surface area contributed by atoms with Gasteiger partial charge in [0.05, 0.1) is 6.10 Å². The van der Waals surface area contributed by atoms with Crippen molar-refractivity contribution in [3.8, 4) is 5.75 Å². The van der Waals surface area contributed by atoms with Crippen LogP contribution in [-0.2, 0) is 5.41 Å². The van der Waals surface area contributed by atoms with Gasteiger partial charge >= 0.3 is 0 Å². The molecule has 2 nitrogen and oxygen atoms in total. The fourth-order valence-electron chi connectivity index (χ4n) is 1.58. The molecule has 17 heavy (non-hydrogen) atoms. The summed E-state index contributed by atoms with van der Waals surface area (Å²) >= 11 is 0. The fourth-order valence-corrected chi connectivity index (χ4v) is 1.58. The standard InChI is InChI=1S/C15H24O2/c1-11(2)13(16)10-17-14-9-7-6-8-12(14)15(3,4)5/h6-9,11,13,16H,10H2,1-5H3. The Morgan fingerprint density at radius 1 is 1.18 bits per heavy atom. The number of hydrogen-bond acceptors (Lipinski definition) is 2. The van der Waals surface area contributed by atoms with Crippen LogP contribution in [0.3, 0.4) is 0 Å². The molecule has 1 aromatic rings. The van der Waals surface area contributed by atoms with Crippen LogP contribution < -0.4 is 4.74 Å². The largest absolute Gasteiger partial charge is 0.491 e. The van der Waals surface area contributed by atoms with E-state index >= 15 is 0 Å². The average molecular weight is 236 g/mol. The van der Waals surface area contributed by atoms with Gasteiger partial charge in [0.1, 0.15) is 12.4 Å². The van der Waals surface area contributed by atoms with Gasteiger partial charge in [-0.2, -0.15) is 0 Å². The van der Waals surface area contributed by atoms with Crippen LogP contribution in [0, 0.1) is 5.92 Å². The molecule has 0 aromatic heterocycles. The highest BCUT2D eigenvalue weighted by atomic mass is 16.5. The predicted octanol–water partition coefficient (Wildman–Crippen LogP) is 3.38. The average Bonchev–Trinajstić information content (AvgIpc) is 2.24. The zero-order valence-corrected chi connectivity index (χ0v) is 11.5. The molecule has 0 radical (unpaired) electrons. The first-order chi connectivity index (χ1) is 7.82. The lowest BCUT2D eigenvalue weighted by atomic mass is 9.86. The molecule has 0 saturated heterocycles. The number of para-hydroxylation sites is 1. The summed E-state index contributed by atoms with van der Waals surface area (Å²) in [5, 5.41) is 9.76. The molecule has 0 bridgehead atoms. The Hall–Kier alpha value is -1.02. The summed E-state index contributed by atoms with van der Waals surface area (Å²) in [6.45, 7) is 10.8. The van der Waals surface area contributed by atoms with E-state index in [2.05, 4.69) is 26.8 Å². The van der Waals surface area contributed by atoms with E-state index in [1.165, 1.54) is 5.56 Å². The molecule has 96 valence electrons. The Labute approximate surface area is 105 Å². The second kappa shape index (κ2) is 5.54. The van der Waals surface area contributed by atoms with Gasteiger partial charge in [-0.25, -0.2) is 0 Å². The monoisotopic (exact) mass is 236 g/mol. The minimum Gasteiger partial charge on any atom is -0.491 e. The van der Waals surface area contributed by atoms with Crippen molar-refractivity contribution in [3.05, 3.63) is 29.8 Å². The quantitative estimate of drug-likeness (QED) is 0.868. The topological polar surface area (TPSA) is 29.5 Å². The van der Waals surface area contributed by atoms with Gasteiger partial charge in [-0.15, -0.1) is 0 Å². The van der Waals surface area contributed by atoms with Crippen molar-refractivity contribution in [2.45, 2.75) is 46.1 Å². The SMILES string of the molecule is CC(C)C(O)COc1ccccc1C(C)(C)C. The van der Waals surface area contributed by atoms with Crippen LogP contribution in [0.15, 0.2) is 24.3 Å². The van der Waals surface area contributed by atoms with Crippen molar-refractivity contribution in [2.24, 2.45) is 5.92 Å². The summed E-state index contributed by atoms with van der Waals surface area (Å²) in [7, 11) is 0. The zero-order chi connectivity index (χ0) is 13.1.